The number of benzene rings is 1. The van der Waals surface area contributed by atoms with Crippen LogP contribution in [-0.4, -0.2) is 26.0 Å². The summed E-state index contributed by atoms with van der Waals surface area (Å²) in [5.74, 6) is 0. The molecule has 0 unspecified atom stereocenters. The number of hydrogen-bond acceptors (Lipinski definition) is 3. The summed E-state index contributed by atoms with van der Waals surface area (Å²) in [6, 6.07) is 15.4. The molecule has 1 atom stereocenters. The lowest BCUT2D eigenvalue weighted by Crippen LogP contribution is -2.23. The van der Waals surface area contributed by atoms with E-state index in [0.717, 1.165) is 18.8 Å². The fourth-order valence-corrected chi connectivity index (χ4v) is 3.34. The molecule has 1 aromatic carbocycles. The number of rotatable bonds is 4. The Morgan fingerprint density at radius 3 is 2.70 bits per heavy atom. The van der Waals surface area contributed by atoms with Crippen LogP contribution < -0.4 is 0 Å². The molecule has 0 amide bonds. The summed E-state index contributed by atoms with van der Waals surface area (Å²) < 4.78 is 2.02. The number of likely N-dealkylation sites (tertiary alicyclic amines) is 1. The highest BCUT2D eigenvalue weighted by Crippen LogP contribution is 2.31. The largest absolute Gasteiger partial charge is 0.306 e. The van der Waals surface area contributed by atoms with Crippen LogP contribution in [0.1, 0.15) is 30.1 Å². The van der Waals surface area contributed by atoms with Crippen molar-refractivity contribution in [3.05, 3.63) is 78.6 Å². The Morgan fingerprint density at radius 2 is 1.96 bits per heavy atom. The molecule has 4 rings (SSSR count). The van der Waals surface area contributed by atoms with Gasteiger partial charge in [-0.25, -0.2) is 4.98 Å². The molecule has 1 aliphatic heterocycles. The molecule has 0 aliphatic carbocycles. The third-order valence-electron chi connectivity index (χ3n) is 4.52. The molecular formula is C19H20N4. The van der Waals surface area contributed by atoms with Crippen LogP contribution in [0, 0.1) is 0 Å². The van der Waals surface area contributed by atoms with E-state index in [1.54, 1.807) is 6.20 Å². The predicted octanol–water partition coefficient (Wildman–Crippen LogP) is 3.60. The van der Waals surface area contributed by atoms with Gasteiger partial charge in [0.15, 0.2) is 0 Å². The Morgan fingerprint density at radius 1 is 1.04 bits per heavy atom. The third-order valence-corrected chi connectivity index (χ3v) is 4.52. The first-order valence-corrected chi connectivity index (χ1v) is 8.12. The van der Waals surface area contributed by atoms with Gasteiger partial charge in [0.25, 0.3) is 0 Å². The molecule has 0 spiro atoms. The molecule has 4 heteroatoms. The molecule has 0 N–H and O–H groups in total. The molecule has 116 valence electrons. The smallest absolute Gasteiger partial charge is 0.0991 e. The van der Waals surface area contributed by atoms with Gasteiger partial charge in [-0.1, -0.05) is 18.2 Å². The Hall–Kier alpha value is -2.46. The molecule has 0 radical (unpaired) electrons. The number of hydrogen-bond donors (Lipinski definition) is 0. The van der Waals surface area contributed by atoms with E-state index < -0.39 is 0 Å². The summed E-state index contributed by atoms with van der Waals surface area (Å²) in [5, 5.41) is 0. The Bertz CT molecular complexity index is 735. The van der Waals surface area contributed by atoms with Crippen LogP contribution in [0.2, 0.25) is 0 Å². The summed E-state index contributed by atoms with van der Waals surface area (Å²) in [6.07, 6.45) is 9.93. The third kappa shape index (κ3) is 3.03. The molecule has 3 heterocycles. The van der Waals surface area contributed by atoms with E-state index >= 15 is 0 Å². The second-order valence-electron chi connectivity index (χ2n) is 6.02. The van der Waals surface area contributed by atoms with Crippen molar-refractivity contribution in [2.45, 2.75) is 25.4 Å². The van der Waals surface area contributed by atoms with E-state index in [-0.39, 0.29) is 0 Å². The molecule has 4 nitrogen and oxygen atoms in total. The summed E-state index contributed by atoms with van der Waals surface area (Å²) in [6.45, 7) is 2.12. The van der Waals surface area contributed by atoms with Gasteiger partial charge < -0.3 is 4.57 Å². The molecule has 1 fully saturated rings. The zero-order valence-electron chi connectivity index (χ0n) is 13.0. The van der Waals surface area contributed by atoms with Crippen molar-refractivity contribution >= 4 is 0 Å². The first-order valence-electron chi connectivity index (χ1n) is 8.12. The van der Waals surface area contributed by atoms with Gasteiger partial charge in [0.1, 0.15) is 0 Å². The van der Waals surface area contributed by atoms with Crippen LogP contribution >= 0.6 is 0 Å². The quantitative estimate of drug-likeness (QED) is 0.738. The van der Waals surface area contributed by atoms with E-state index in [9.17, 15) is 0 Å². The van der Waals surface area contributed by atoms with Gasteiger partial charge in [0, 0.05) is 30.8 Å². The second kappa shape index (κ2) is 6.34. The van der Waals surface area contributed by atoms with Crippen LogP contribution in [0.25, 0.3) is 5.69 Å². The van der Waals surface area contributed by atoms with E-state index in [4.69, 9.17) is 0 Å². The van der Waals surface area contributed by atoms with E-state index in [0.29, 0.717) is 6.04 Å². The van der Waals surface area contributed by atoms with Crippen LogP contribution in [0.15, 0.2) is 67.4 Å². The maximum atomic E-state index is 4.55. The molecule has 0 bridgehead atoms. The van der Waals surface area contributed by atoms with Crippen molar-refractivity contribution in [1.82, 2.24) is 19.4 Å². The fourth-order valence-electron chi connectivity index (χ4n) is 3.34. The van der Waals surface area contributed by atoms with Gasteiger partial charge in [-0.15, -0.1) is 0 Å². The summed E-state index contributed by atoms with van der Waals surface area (Å²) in [7, 11) is 0. The van der Waals surface area contributed by atoms with Gasteiger partial charge in [-0.2, -0.15) is 0 Å². The number of imidazole rings is 1. The first-order chi connectivity index (χ1) is 11.4. The van der Waals surface area contributed by atoms with Crippen molar-refractivity contribution in [3.8, 4) is 5.69 Å². The molecule has 1 saturated heterocycles. The highest BCUT2D eigenvalue weighted by molar-refractivity contribution is 5.34. The Balaban J connectivity index is 1.49. The summed E-state index contributed by atoms with van der Waals surface area (Å²) in [5.41, 5.74) is 3.69. The van der Waals surface area contributed by atoms with E-state index in [1.807, 2.05) is 29.4 Å². The van der Waals surface area contributed by atoms with Gasteiger partial charge in [-0.3, -0.25) is 9.88 Å². The van der Waals surface area contributed by atoms with Crippen molar-refractivity contribution < 1.29 is 0 Å². The van der Waals surface area contributed by atoms with Gasteiger partial charge in [0.05, 0.1) is 18.1 Å². The second-order valence-corrected chi connectivity index (χ2v) is 6.02. The highest BCUT2D eigenvalue weighted by Gasteiger charge is 2.26. The molecule has 1 aliphatic rings. The molecule has 23 heavy (non-hydrogen) atoms. The molecule has 0 saturated carbocycles. The minimum atomic E-state index is 0.449. The zero-order valence-corrected chi connectivity index (χ0v) is 13.0. The minimum absolute atomic E-state index is 0.449. The minimum Gasteiger partial charge on any atom is -0.306 e. The lowest BCUT2D eigenvalue weighted by molar-refractivity contribution is 0.244. The van der Waals surface area contributed by atoms with Crippen LogP contribution in [0.3, 0.4) is 0 Å². The lowest BCUT2D eigenvalue weighted by atomic mass is 10.1. The summed E-state index contributed by atoms with van der Waals surface area (Å²) >= 11 is 0. The van der Waals surface area contributed by atoms with Crippen LogP contribution in [0.5, 0.6) is 0 Å². The molecule has 3 aromatic rings. The average Bonchev–Trinajstić information content (AvgIpc) is 3.28. The predicted molar refractivity (Wildman–Crippen MR) is 90.2 cm³/mol. The van der Waals surface area contributed by atoms with E-state index in [2.05, 4.69) is 51.3 Å². The molecule has 2 aromatic heterocycles. The van der Waals surface area contributed by atoms with Crippen LogP contribution in [-0.2, 0) is 6.54 Å². The number of nitrogens with zero attached hydrogens (tertiary/aromatic N) is 4. The Labute approximate surface area is 136 Å². The van der Waals surface area contributed by atoms with Crippen molar-refractivity contribution in [2.24, 2.45) is 0 Å². The number of pyridine rings is 1. The van der Waals surface area contributed by atoms with Gasteiger partial charge in [-0.05, 0) is 49.2 Å². The maximum Gasteiger partial charge on any atom is 0.0991 e. The van der Waals surface area contributed by atoms with Crippen molar-refractivity contribution in [3.63, 3.8) is 0 Å². The normalized spacial score (nSPS) is 18.3. The SMILES string of the molecule is c1ccc([C@H]2CCCN2Cc2ccc(-n3ccnc3)cc2)nc1. The zero-order chi connectivity index (χ0) is 15.5. The van der Waals surface area contributed by atoms with Gasteiger partial charge in [0.2, 0.25) is 0 Å². The van der Waals surface area contributed by atoms with Crippen LogP contribution in [0.4, 0.5) is 0 Å². The van der Waals surface area contributed by atoms with Crippen molar-refractivity contribution in [1.29, 1.82) is 0 Å². The maximum absolute atomic E-state index is 4.55. The Kier molecular flexibility index (Phi) is 3.90. The topological polar surface area (TPSA) is 34.0 Å². The first kappa shape index (κ1) is 14.2. The van der Waals surface area contributed by atoms with E-state index in [1.165, 1.54) is 24.1 Å². The molecular weight excluding hydrogens is 284 g/mol. The summed E-state index contributed by atoms with van der Waals surface area (Å²) in [4.78, 5) is 11.2. The monoisotopic (exact) mass is 304 g/mol. The highest BCUT2D eigenvalue weighted by atomic mass is 15.2. The average molecular weight is 304 g/mol. The fraction of sp³-hybridized carbons (Fsp3) is 0.263. The standard InChI is InChI=1S/C19H20N4/c1-2-10-21-18(4-1)19-5-3-12-22(19)14-16-6-8-17(9-7-16)23-13-11-20-15-23/h1-2,4,6-11,13,15,19H,3,5,12,14H2/t19-/m1/s1. The number of aromatic nitrogens is 3. The van der Waals surface area contributed by atoms with Gasteiger partial charge >= 0.3 is 0 Å². The lowest BCUT2D eigenvalue weighted by Gasteiger charge is -2.24. The van der Waals surface area contributed by atoms with Crippen molar-refractivity contribution in [2.75, 3.05) is 6.54 Å².